The molecule has 0 unspecified atom stereocenters. The average Bonchev–Trinajstić information content (AvgIpc) is 3.31. The number of ketones is 2. The van der Waals surface area contributed by atoms with Crippen molar-refractivity contribution in [3.63, 3.8) is 0 Å². The summed E-state index contributed by atoms with van der Waals surface area (Å²) < 4.78 is 2.18. The molecule has 4 aromatic rings. The van der Waals surface area contributed by atoms with Crippen molar-refractivity contribution in [3.05, 3.63) is 100 Å². The lowest BCUT2D eigenvalue weighted by atomic mass is 9.91. The van der Waals surface area contributed by atoms with Gasteiger partial charge in [-0.15, -0.1) is 11.8 Å². The van der Waals surface area contributed by atoms with Gasteiger partial charge in [-0.05, 0) is 92.9 Å². The van der Waals surface area contributed by atoms with E-state index in [-0.39, 0.29) is 17.3 Å². The van der Waals surface area contributed by atoms with E-state index in [1.54, 1.807) is 17.8 Å². The zero-order valence-electron chi connectivity index (χ0n) is 23.8. The largest absolute Gasteiger partial charge is 0.341 e. The van der Waals surface area contributed by atoms with Crippen LogP contribution in [0.3, 0.4) is 0 Å². The Hall–Kier alpha value is -3.94. The minimum absolute atomic E-state index is 0.0392. The van der Waals surface area contributed by atoms with Gasteiger partial charge < -0.3 is 9.40 Å². The first-order valence-electron chi connectivity index (χ1n) is 13.9. The molecule has 3 aromatic carbocycles. The number of hydrogen-bond donors (Lipinski definition) is 0. The smallest absolute Gasteiger partial charge is 0.331 e. The molecule has 0 saturated carbocycles. The van der Waals surface area contributed by atoms with Gasteiger partial charge in [0.05, 0.1) is 0 Å². The normalized spacial score (nSPS) is 13.7. The molecule has 1 aliphatic rings. The van der Waals surface area contributed by atoms with E-state index < -0.39 is 5.97 Å². The molecule has 6 nitrogen and oxygen atoms in total. The molecule has 0 radical (unpaired) electrons. The van der Waals surface area contributed by atoms with Crippen molar-refractivity contribution < 1.29 is 19.2 Å². The van der Waals surface area contributed by atoms with Crippen LogP contribution in [0.1, 0.15) is 60.7 Å². The third-order valence-electron chi connectivity index (χ3n) is 7.35. The molecule has 5 rings (SSSR count). The maximum Gasteiger partial charge on any atom is 0.331 e. The summed E-state index contributed by atoms with van der Waals surface area (Å²) in [6, 6.07) is 18.8. The summed E-state index contributed by atoms with van der Waals surface area (Å²) in [5.41, 5.74) is 5.05. The number of rotatable bonds is 10. The van der Waals surface area contributed by atoms with Crippen LogP contribution in [0.4, 0.5) is 0 Å². The quantitative estimate of drug-likeness (QED) is 0.0600. The number of aromatic nitrogens is 1. The molecule has 42 heavy (non-hydrogen) atoms. The SMILES string of the molecule is CCn1c2ccc(C(=O)C3=C(C)C=CCC3)cc2c2cc(C(=O)/C(CCSc3ccc(Cl)cc3)=N/OC(C)=O)ccc21. The van der Waals surface area contributed by atoms with Crippen molar-refractivity contribution in [3.8, 4) is 0 Å². The van der Waals surface area contributed by atoms with E-state index in [1.807, 2.05) is 67.6 Å². The van der Waals surface area contributed by atoms with Gasteiger partial charge in [-0.2, -0.15) is 0 Å². The van der Waals surface area contributed by atoms with Crippen LogP contribution in [-0.2, 0) is 16.2 Å². The predicted molar refractivity (Wildman–Crippen MR) is 171 cm³/mol. The van der Waals surface area contributed by atoms with Crippen LogP contribution in [-0.4, -0.2) is 33.6 Å². The molecule has 0 aliphatic heterocycles. The summed E-state index contributed by atoms with van der Waals surface area (Å²) >= 11 is 7.54. The highest BCUT2D eigenvalue weighted by Gasteiger charge is 2.21. The van der Waals surface area contributed by atoms with E-state index in [1.165, 1.54) is 6.92 Å². The lowest BCUT2D eigenvalue weighted by Crippen LogP contribution is -2.16. The van der Waals surface area contributed by atoms with Gasteiger partial charge in [0.15, 0.2) is 5.78 Å². The molecule has 0 spiro atoms. The number of oxime groups is 1. The number of fused-ring (bicyclic) bond motifs is 3. The number of halogens is 1. The summed E-state index contributed by atoms with van der Waals surface area (Å²) in [5.74, 6) is -0.310. The van der Waals surface area contributed by atoms with Crippen LogP contribution in [0.5, 0.6) is 0 Å². The molecule has 0 saturated heterocycles. The van der Waals surface area contributed by atoms with Crippen molar-refractivity contribution >= 4 is 68.4 Å². The van der Waals surface area contributed by atoms with Crippen LogP contribution in [0.15, 0.2) is 94.0 Å². The molecule has 1 heterocycles. The lowest BCUT2D eigenvalue weighted by Gasteiger charge is -2.12. The van der Waals surface area contributed by atoms with Gasteiger partial charge in [-0.3, -0.25) is 9.59 Å². The Morgan fingerprint density at radius 1 is 0.976 bits per heavy atom. The number of benzene rings is 3. The van der Waals surface area contributed by atoms with E-state index >= 15 is 0 Å². The minimum Gasteiger partial charge on any atom is -0.341 e. The summed E-state index contributed by atoms with van der Waals surface area (Å²) in [4.78, 5) is 44.6. The second-order valence-electron chi connectivity index (χ2n) is 10.1. The van der Waals surface area contributed by atoms with Crippen LogP contribution >= 0.6 is 23.4 Å². The van der Waals surface area contributed by atoms with E-state index in [4.69, 9.17) is 16.4 Å². The number of allylic oxidation sites excluding steroid dienone is 4. The molecule has 1 aromatic heterocycles. The zero-order chi connectivity index (χ0) is 29.8. The molecule has 1 aliphatic carbocycles. The molecule has 0 bridgehead atoms. The van der Waals surface area contributed by atoms with Gasteiger partial charge in [0.25, 0.3) is 0 Å². The van der Waals surface area contributed by atoms with Crippen LogP contribution in [0.2, 0.25) is 5.02 Å². The van der Waals surface area contributed by atoms with Crippen molar-refractivity contribution in [1.29, 1.82) is 0 Å². The number of thioether (sulfide) groups is 1. The van der Waals surface area contributed by atoms with E-state index in [0.29, 0.717) is 28.3 Å². The summed E-state index contributed by atoms with van der Waals surface area (Å²) in [6.07, 6.45) is 6.00. The number of aryl methyl sites for hydroxylation is 1. The molecule has 0 N–H and O–H groups in total. The van der Waals surface area contributed by atoms with Gasteiger partial charge in [-0.25, -0.2) is 4.79 Å². The van der Waals surface area contributed by atoms with Crippen LogP contribution in [0.25, 0.3) is 21.8 Å². The van der Waals surface area contributed by atoms with Crippen molar-refractivity contribution in [2.45, 2.75) is 51.5 Å². The Labute approximate surface area is 254 Å². The number of hydrogen-bond acceptors (Lipinski definition) is 6. The number of carbonyl (C=O) groups is 3. The Balaban J connectivity index is 1.49. The molecule has 0 amide bonds. The fourth-order valence-corrected chi connectivity index (χ4v) is 6.25. The summed E-state index contributed by atoms with van der Waals surface area (Å²) in [7, 11) is 0. The number of Topliss-reactive ketones (excluding diaryl/α,β-unsaturated/α-hetero) is 2. The standard InChI is InChI=1S/C34H31ClN2O4S/c1-4-37-31-15-9-23(33(39)27-8-6-5-7-21(27)2)19-28(31)29-20-24(10-16-32(29)37)34(40)30(36-41-22(3)38)17-18-42-26-13-11-25(35)12-14-26/h5,7,9-16,19-20H,4,6,8,17-18H2,1-3H3/b36-30+. The first-order valence-corrected chi connectivity index (χ1v) is 15.3. The fraction of sp³-hybridized carbons (Fsp3) is 0.235. The molecule has 0 atom stereocenters. The van der Waals surface area contributed by atoms with Gasteiger partial charge in [0.1, 0.15) is 5.71 Å². The minimum atomic E-state index is -0.594. The maximum absolute atomic E-state index is 13.7. The van der Waals surface area contributed by atoms with E-state index in [0.717, 1.165) is 57.2 Å². The maximum atomic E-state index is 13.7. The second-order valence-corrected chi connectivity index (χ2v) is 11.7. The number of nitrogens with zero attached hydrogens (tertiary/aromatic N) is 2. The Kier molecular flexibility index (Phi) is 9.09. The van der Waals surface area contributed by atoms with Gasteiger partial charge >= 0.3 is 5.97 Å². The van der Waals surface area contributed by atoms with Crippen molar-refractivity contribution in [2.24, 2.45) is 5.16 Å². The monoisotopic (exact) mass is 598 g/mol. The fourth-order valence-electron chi connectivity index (χ4n) is 5.26. The predicted octanol–water partition coefficient (Wildman–Crippen LogP) is 8.60. The first-order chi connectivity index (χ1) is 20.3. The van der Waals surface area contributed by atoms with Gasteiger partial charge in [0.2, 0.25) is 5.78 Å². The Morgan fingerprint density at radius 3 is 2.29 bits per heavy atom. The Bertz CT molecular complexity index is 1800. The molecule has 8 heteroatoms. The third kappa shape index (κ3) is 6.27. The van der Waals surface area contributed by atoms with Crippen LogP contribution < -0.4 is 0 Å². The highest BCUT2D eigenvalue weighted by Crippen LogP contribution is 2.33. The first kappa shape index (κ1) is 29.5. The average molecular weight is 599 g/mol. The topological polar surface area (TPSA) is 77.7 Å². The summed E-state index contributed by atoms with van der Waals surface area (Å²) in [6.45, 7) is 6.03. The lowest BCUT2D eigenvalue weighted by molar-refractivity contribution is -0.140. The molecule has 214 valence electrons. The molecule has 0 fully saturated rings. The van der Waals surface area contributed by atoms with E-state index in [2.05, 4.69) is 22.7 Å². The van der Waals surface area contributed by atoms with Crippen molar-refractivity contribution in [1.82, 2.24) is 4.57 Å². The van der Waals surface area contributed by atoms with Gasteiger partial charge in [0, 0.05) is 74.1 Å². The third-order valence-corrected chi connectivity index (χ3v) is 8.62. The zero-order valence-corrected chi connectivity index (χ0v) is 25.3. The van der Waals surface area contributed by atoms with Gasteiger partial charge in [-0.1, -0.05) is 28.9 Å². The van der Waals surface area contributed by atoms with Crippen LogP contribution in [0, 0.1) is 0 Å². The molecular formula is C34H31ClN2O4S. The number of carbonyl (C=O) groups excluding carboxylic acids is 3. The summed E-state index contributed by atoms with van der Waals surface area (Å²) in [5, 5.41) is 6.37. The Morgan fingerprint density at radius 2 is 1.64 bits per heavy atom. The highest BCUT2D eigenvalue weighted by atomic mass is 35.5. The van der Waals surface area contributed by atoms with Crippen molar-refractivity contribution in [2.75, 3.05) is 5.75 Å². The molecular weight excluding hydrogens is 568 g/mol. The second kappa shape index (κ2) is 12.9. The van der Waals surface area contributed by atoms with E-state index in [9.17, 15) is 14.4 Å². The highest BCUT2D eigenvalue weighted by molar-refractivity contribution is 7.99.